The van der Waals surface area contributed by atoms with Crippen LogP contribution >= 0.6 is 11.6 Å². The van der Waals surface area contributed by atoms with E-state index in [9.17, 15) is 9.59 Å². The van der Waals surface area contributed by atoms with Gasteiger partial charge in [-0.3, -0.25) is 14.5 Å². The number of nitrogens with zero attached hydrogens (tertiary/aromatic N) is 1. The highest BCUT2D eigenvalue weighted by atomic mass is 35.5. The lowest BCUT2D eigenvalue weighted by molar-refractivity contribution is -0.142. The smallest absolute Gasteiger partial charge is 0.317 e. The Hall–Kier alpha value is -1.79. The maximum absolute atomic E-state index is 10.7. The van der Waals surface area contributed by atoms with E-state index in [1.54, 1.807) is 18.2 Å². The van der Waals surface area contributed by atoms with E-state index >= 15 is 0 Å². The van der Waals surface area contributed by atoms with Gasteiger partial charge in [0.25, 0.3) is 0 Å². The number of rotatable bonds is 6. The van der Waals surface area contributed by atoms with Crippen molar-refractivity contribution in [1.82, 2.24) is 4.90 Å². The molecule has 0 aliphatic carbocycles. The molecule has 1 aliphatic heterocycles. The number of halogens is 1. The van der Waals surface area contributed by atoms with Crippen LogP contribution < -0.4 is 4.74 Å². The van der Waals surface area contributed by atoms with Crippen molar-refractivity contribution in [2.45, 2.75) is 12.5 Å². The number of carbonyl (C=O) groups is 2. The highest BCUT2D eigenvalue weighted by Gasteiger charge is 2.26. The van der Waals surface area contributed by atoms with Gasteiger partial charge in [-0.05, 0) is 23.8 Å². The van der Waals surface area contributed by atoms with E-state index < -0.39 is 11.9 Å². The van der Waals surface area contributed by atoms with Crippen LogP contribution in [0, 0.1) is 0 Å². The van der Waals surface area contributed by atoms with E-state index in [1.165, 1.54) is 4.90 Å². The number of carboxylic acid groups (broad SMARTS) is 2. The summed E-state index contributed by atoms with van der Waals surface area (Å²) < 4.78 is 5.67. The summed E-state index contributed by atoms with van der Waals surface area (Å²) in [5, 5.41) is 18.2. The van der Waals surface area contributed by atoms with E-state index in [2.05, 4.69) is 0 Å². The van der Waals surface area contributed by atoms with Crippen molar-refractivity contribution in [3.8, 4) is 5.75 Å². The predicted molar refractivity (Wildman–Crippen MR) is 71.3 cm³/mol. The molecule has 20 heavy (non-hydrogen) atoms. The quantitative estimate of drug-likeness (QED) is 0.818. The Bertz CT molecular complexity index is 517. The van der Waals surface area contributed by atoms with Crippen LogP contribution in [0.25, 0.3) is 0 Å². The minimum atomic E-state index is -1.06. The summed E-state index contributed by atoms with van der Waals surface area (Å²) in [7, 11) is 0. The van der Waals surface area contributed by atoms with Gasteiger partial charge in [-0.2, -0.15) is 0 Å². The molecule has 1 aliphatic rings. The molecule has 0 radical (unpaired) electrons. The van der Waals surface area contributed by atoms with Gasteiger partial charge in [-0.25, -0.2) is 0 Å². The molecule has 2 rings (SSSR count). The molecule has 0 spiro atoms. The van der Waals surface area contributed by atoms with Crippen LogP contribution in [-0.2, 0) is 16.0 Å². The maximum atomic E-state index is 10.7. The van der Waals surface area contributed by atoms with Gasteiger partial charge in [0.1, 0.15) is 11.9 Å². The van der Waals surface area contributed by atoms with Crippen molar-refractivity contribution in [2.24, 2.45) is 0 Å². The zero-order valence-corrected chi connectivity index (χ0v) is 11.3. The second-order valence-electron chi connectivity index (χ2n) is 4.65. The normalized spacial score (nSPS) is 16.8. The van der Waals surface area contributed by atoms with Crippen LogP contribution in [0.4, 0.5) is 0 Å². The highest BCUT2D eigenvalue weighted by molar-refractivity contribution is 6.30. The Labute approximate surface area is 120 Å². The van der Waals surface area contributed by atoms with Crippen LogP contribution in [0.3, 0.4) is 0 Å². The van der Waals surface area contributed by atoms with E-state index in [4.69, 9.17) is 26.6 Å². The number of carboxylic acids is 2. The Kier molecular flexibility index (Phi) is 4.46. The Morgan fingerprint density at radius 1 is 1.30 bits per heavy atom. The fourth-order valence-electron chi connectivity index (χ4n) is 2.25. The third kappa shape index (κ3) is 3.85. The first-order valence-corrected chi connectivity index (χ1v) is 6.43. The van der Waals surface area contributed by atoms with Crippen LogP contribution in [0.2, 0.25) is 5.02 Å². The molecule has 1 aromatic carbocycles. The molecule has 0 saturated carbocycles. The third-order valence-corrected chi connectivity index (χ3v) is 3.18. The van der Waals surface area contributed by atoms with Gasteiger partial charge in [0.05, 0.1) is 13.1 Å². The summed E-state index contributed by atoms with van der Waals surface area (Å²) in [4.78, 5) is 22.8. The monoisotopic (exact) mass is 299 g/mol. The summed E-state index contributed by atoms with van der Waals surface area (Å²) in [6.07, 6.45) is 0.327. The summed E-state index contributed by atoms with van der Waals surface area (Å²) in [6, 6.07) is 5.28. The number of fused-ring (bicyclic) bond motifs is 1. The predicted octanol–water partition coefficient (Wildman–Crippen LogP) is 1.11. The molecule has 1 atom stereocenters. The summed E-state index contributed by atoms with van der Waals surface area (Å²) >= 11 is 5.89. The second kappa shape index (κ2) is 6.11. The lowest BCUT2D eigenvalue weighted by Crippen LogP contribution is -2.41. The fraction of sp³-hybridized carbons (Fsp3) is 0.385. The van der Waals surface area contributed by atoms with Gasteiger partial charge in [-0.1, -0.05) is 11.6 Å². The molecule has 0 saturated heterocycles. The lowest BCUT2D eigenvalue weighted by Gasteiger charge is -2.21. The summed E-state index contributed by atoms with van der Waals surface area (Å²) in [5.41, 5.74) is 0.952. The van der Waals surface area contributed by atoms with E-state index in [1.807, 2.05) is 0 Å². The van der Waals surface area contributed by atoms with Gasteiger partial charge in [0.2, 0.25) is 0 Å². The topological polar surface area (TPSA) is 87.1 Å². The van der Waals surface area contributed by atoms with Crippen molar-refractivity contribution in [3.05, 3.63) is 28.8 Å². The molecule has 0 bridgehead atoms. The first-order chi connectivity index (χ1) is 9.44. The molecule has 7 heteroatoms. The van der Waals surface area contributed by atoms with E-state index in [0.29, 0.717) is 17.2 Å². The zero-order valence-electron chi connectivity index (χ0n) is 10.6. The number of hydrogen-bond acceptors (Lipinski definition) is 4. The first kappa shape index (κ1) is 14.6. The molecular weight excluding hydrogens is 286 g/mol. The first-order valence-electron chi connectivity index (χ1n) is 6.05. The van der Waals surface area contributed by atoms with E-state index in [-0.39, 0.29) is 25.7 Å². The number of aliphatic carboxylic acids is 2. The average Bonchev–Trinajstić information content (AvgIpc) is 2.68. The molecule has 0 aromatic heterocycles. The molecule has 108 valence electrons. The number of benzene rings is 1. The number of ether oxygens (including phenoxy) is 1. The summed E-state index contributed by atoms with van der Waals surface area (Å²) in [5.74, 6) is -1.42. The number of hydrogen-bond donors (Lipinski definition) is 2. The van der Waals surface area contributed by atoms with Crippen LogP contribution in [0.15, 0.2) is 18.2 Å². The van der Waals surface area contributed by atoms with Crippen molar-refractivity contribution >= 4 is 23.5 Å². The van der Waals surface area contributed by atoms with Crippen LogP contribution in [0.1, 0.15) is 5.56 Å². The van der Waals surface area contributed by atoms with Crippen molar-refractivity contribution in [1.29, 1.82) is 0 Å². The molecule has 0 fully saturated rings. The van der Waals surface area contributed by atoms with Crippen molar-refractivity contribution < 1.29 is 24.5 Å². The molecule has 1 aromatic rings. The minimum absolute atomic E-state index is 0.241. The highest BCUT2D eigenvalue weighted by Crippen LogP contribution is 2.31. The van der Waals surface area contributed by atoms with Gasteiger partial charge in [-0.15, -0.1) is 0 Å². The zero-order chi connectivity index (χ0) is 14.7. The second-order valence-corrected chi connectivity index (χ2v) is 5.09. The van der Waals surface area contributed by atoms with E-state index in [0.717, 1.165) is 5.56 Å². The Morgan fingerprint density at radius 2 is 1.95 bits per heavy atom. The van der Waals surface area contributed by atoms with Crippen molar-refractivity contribution in [2.75, 3.05) is 19.6 Å². The molecular formula is C13H14ClNO5. The van der Waals surface area contributed by atoms with Gasteiger partial charge < -0.3 is 14.9 Å². The average molecular weight is 300 g/mol. The SMILES string of the molecule is O=C(O)CN(CC(=O)O)CC1Cc2cc(Cl)ccc2O1. The van der Waals surface area contributed by atoms with Gasteiger partial charge >= 0.3 is 11.9 Å². The lowest BCUT2D eigenvalue weighted by atomic mass is 10.1. The maximum Gasteiger partial charge on any atom is 0.317 e. The van der Waals surface area contributed by atoms with Crippen LogP contribution in [0.5, 0.6) is 5.75 Å². The molecule has 0 amide bonds. The Balaban J connectivity index is 1.99. The minimum Gasteiger partial charge on any atom is -0.488 e. The fourth-order valence-corrected chi connectivity index (χ4v) is 2.44. The standard InChI is InChI=1S/C13H14ClNO5/c14-9-1-2-11-8(3-9)4-10(20-11)5-15(6-12(16)17)7-13(18)19/h1-3,10H,4-7H2,(H,16,17)(H,18,19). The van der Waals surface area contributed by atoms with Gasteiger partial charge in [0, 0.05) is 18.0 Å². The summed E-state index contributed by atoms with van der Waals surface area (Å²) in [6.45, 7) is -0.419. The van der Waals surface area contributed by atoms with Crippen molar-refractivity contribution in [3.63, 3.8) is 0 Å². The molecule has 1 unspecified atom stereocenters. The largest absolute Gasteiger partial charge is 0.488 e. The molecule has 6 nitrogen and oxygen atoms in total. The van der Waals surface area contributed by atoms with Gasteiger partial charge in [0.15, 0.2) is 0 Å². The van der Waals surface area contributed by atoms with Crippen LogP contribution in [-0.4, -0.2) is 52.8 Å². The molecule has 2 N–H and O–H groups in total. The Morgan fingerprint density at radius 3 is 2.55 bits per heavy atom. The molecule has 1 heterocycles. The third-order valence-electron chi connectivity index (χ3n) is 2.94.